The molecule has 4 rings (SSSR count). The zero-order chi connectivity index (χ0) is 21.6. The molecule has 6 nitrogen and oxygen atoms in total. The number of halogens is 2. The van der Waals surface area contributed by atoms with Gasteiger partial charge in [0.1, 0.15) is 13.1 Å². The largest absolute Gasteiger partial charge is 1.00 e. The van der Waals surface area contributed by atoms with Crippen LogP contribution >= 0.6 is 0 Å². The van der Waals surface area contributed by atoms with Gasteiger partial charge < -0.3 is 40.8 Å². The number of aliphatic hydroxyl groups is 2. The lowest BCUT2D eigenvalue weighted by molar-refractivity contribution is -0.386. The van der Waals surface area contributed by atoms with Crippen molar-refractivity contribution in [2.24, 2.45) is 0 Å². The second kappa shape index (κ2) is 12.5. The normalized spacial score (nSPS) is 10.4. The fraction of sp³-hybridized carbons (Fsp3) is 0.200. The molecule has 8 heteroatoms. The summed E-state index contributed by atoms with van der Waals surface area (Å²) in [4.78, 5) is 10.3. The van der Waals surface area contributed by atoms with Gasteiger partial charge in [-0.25, -0.2) is 9.97 Å². The Morgan fingerprint density at radius 1 is 0.848 bits per heavy atom. The van der Waals surface area contributed by atoms with Crippen LogP contribution in [0.3, 0.4) is 0 Å². The van der Waals surface area contributed by atoms with Crippen molar-refractivity contribution in [3.63, 3.8) is 0 Å². The molecule has 0 aliphatic carbocycles. The van der Waals surface area contributed by atoms with Crippen LogP contribution in [-0.4, -0.2) is 41.5 Å². The number of quaternary nitrogens is 1. The standard InChI is InChI=1S/C25H26N4O2.2ClH/c26-17-18-6-8-20(9-7-18)24-21(19-4-2-1-3-5-19)16-22-23(28-24)10-11-27-25(22)29(12-14-30)13-15-31;;/h1-11,16,30-31H,12-15,17,26H2;2*1H. The number of hydrogen-bond donors (Lipinski definition) is 3. The summed E-state index contributed by atoms with van der Waals surface area (Å²) in [6.07, 6.45) is 1.85. The molecule has 2 heterocycles. The number of anilines is 1. The smallest absolute Gasteiger partial charge is 0.284 e. The average Bonchev–Trinajstić information content (AvgIpc) is 2.83. The van der Waals surface area contributed by atoms with Crippen LogP contribution in [0.25, 0.3) is 33.3 Å². The molecule has 0 saturated heterocycles. The summed E-state index contributed by atoms with van der Waals surface area (Å²) in [6, 6.07) is 22.7. The molecule has 0 bridgehead atoms. The first-order valence-electron chi connectivity index (χ1n) is 10.5. The number of aromatic nitrogens is 2. The maximum Gasteiger partial charge on any atom is 0.284 e. The van der Waals surface area contributed by atoms with Crippen LogP contribution in [0.2, 0.25) is 0 Å². The van der Waals surface area contributed by atoms with Crippen LogP contribution in [0, 0.1) is 0 Å². The van der Waals surface area contributed by atoms with E-state index in [2.05, 4.69) is 53.2 Å². The number of benzene rings is 2. The number of rotatable bonds is 8. The third-order valence-corrected chi connectivity index (χ3v) is 5.43. The molecule has 4 aromatic rings. The summed E-state index contributed by atoms with van der Waals surface area (Å²) >= 11 is 0. The molecular formula is C25H28Cl2N4O2. The van der Waals surface area contributed by atoms with E-state index in [0.29, 0.717) is 13.1 Å². The van der Waals surface area contributed by atoms with E-state index in [0.717, 1.165) is 45.6 Å². The summed E-state index contributed by atoms with van der Waals surface area (Å²) in [5.74, 6) is 0.837. The van der Waals surface area contributed by atoms with Crippen molar-refractivity contribution in [3.05, 3.63) is 78.5 Å². The topological polar surface area (TPSA) is 98.4 Å². The highest BCUT2D eigenvalue weighted by molar-refractivity contribution is 5.96. The second-order valence-electron chi connectivity index (χ2n) is 7.39. The zero-order valence-electron chi connectivity index (χ0n) is 18.2. The molecule has 0 radical (unpaired) electrons. The first kappa shape index (κ1) is 26.5. The van der Waals surface area contributed by atoms with E-state index in [4.69, 9.17) is 4.98 Å². The predicted octanol–water partition coefficient (Wildman–Crippen LogP) is -4.08. The van der Waals surface area contributed by atoms with Crippen molar-refractivity contribution in [1.82, 2.24) is 4.98 Å². The third-order valence-electron chi connectivity index (χ3n) is 5.43. The quantitative estimate of drug-likeness (QED) is 0.236. The van der Waals surface area contributed by atoms with Gasteiger partial charge in [0.15, 0.2) is 0 Å². The molecule has 0 atom stereocenters. The highest BCUT2D eigenvalue weighted by Crippen LogP contribution is 2.35. The molecule has 0 spiro atoms. The third kappa shape index (κ3) is 5.79. The molecular weight excluding hydrogens is 459 g/mol. The maximum absolute atomic E-state index is 9.51. The monoisotopic (exact) mass is 486 g/mol. The molecule has 0 unspecified atom stereocenters. The molecule has 0 fully saturated rings. The Hall–Kier alpha value is -2.74. The molecule has 0 aliphatic heterocycles. The van der Waals surface area contributed by atoms with Gasteiger partial charge in [-0.3, -0.25) is 4.90 Å². The van der Waals surface area contributed by atoms with Gasteiger partial charge in [-0.1, -0.05) is 54.6 Å². The van der Waals surface area contributed by atoms with Gasteiger partial charge in [0.25, 0.3) is 5.82 Å². The van der Waals surface area contributed by atoms with Gasteiger partial charge in [0.2, 0.25) is 0 Å². The summed E-state index contributed by atoms with van der Waals surface area (Å²) in [7, 11) is 0. The van der Waals surface area contributed by atoms with E-state index < -0.39 is 0 Å². The number of aliphatic hydroxyl groups excluding tert-OH is 2. The Morgan fingerprint density at radius 2 is 1.52 bits per heavy atom. The van der Waals surface area contributed by atoms with Gasteiger partial charge >= 0.3 is 0 Å². The van der Waals surface area contributed by atoms with Crippen LogP contribution in [0.1, 0.15) is 5.56 Å². The lowest BCUT2D eigenvalue weighted by atomic mass is 9.97. The van der Waals surface area contributed by atoms with Crippen LogP contribution in [0.5, 0.6) is 0 Å². The Kier molecular flexibility index (Phi) is 10.0. The minimum atomic E-state index is -0.0000828. The molecule has 0 amide bonds. The molecule has 33 heavy (non-hydrogen) atoms. The predicted molar refractivity (Wildman–Crippen MR) is 122 cm³/mol. The Balaban J connectivity index is 0.00000193. The lowest BCUT2D eigenvalue weighted by Gasteiger charge is -2.17. The number of aromatic amines is 1. The van der Waals surface area contributed by atoms with Gasteiger partial charge in [-0.05, 0) is 11.6 Å². The molecule has 0 saturated carbocycles. The SMILES string of the molecule is [Cl-].[Cl-].[NH3+]Cc1ccc(-c2nc3cc[nH+]c(N(CCO)CCO)c3cc2-c2ccccc2)cc1. The van der Waals surface area contributed by atoms with Crippen molar-refractivity contribution in [3.8, 4) is 22.4 Å². The highest BCUT2D eigenvalue weighted by atomic mass is 35.5. The van der Waals surface area contributed by atoms with E-state index >= 15 is 0 Å². The number of nitrogens with one attached hydrogen (secondary N) is 1. The van der Waals surface area contributed by atoms with Gasteiger partial charge in [-0.15, -0.1) is 0 Å². The van der Waals surface area contributed by atoms with E-state index in [1.165, 1.54) is 5.56 Å². The maximum atomic E-state index is 9.51. The zero-order valence-corrected chi connectivity index (χ0v) is 19.7. The van der Waals surface area contributed by atoms with E-state index in [1.54, 1.807) is 0 Å². The molecule has 174 valence electrons. The van der Waals surface area contributed by atoms with Crippen LogP contribution in [-0.2, 0) is 6.54 Å². The fourth-order valence-electron chi connectivity index (χ4n) is 3.85. The Labute approximate surface area is 205 Å². The number of H-pyrrole nitrogens is 1. The van der Waals surface area contributed by atoms with Crippen LogP contribution < -0.4 is 40.4 Å². The summed E-state index contributed by atoms with van der Waals surface area (Å²) in [6.45, 7) is 1.60. The van der Waals surface area contributed by atoms with Gasteiger partial charge in [0.05, 0.1) is 42.6 Å². The van der Waals surface area contributed by atoms with Gasteiger partial charge in [-0.2, -0.15) is 0 Å². The van der Waals surface area contributed by atoms with Crippen molar-refractivity contribution in [1.29, 1.82) is 0 Å². The van der Waals surface area contributed by atoms with Crippen molar-refractivity contribution >= 4 is 16.7 Å². The number of hydrogen-bond acceptors (Lipinski definition) is 4. The highest BCUT2D eigenvalue weighted by Gasteiger charge is 2.21. The first-order chi connectivity index (χ1) is 15.2. The first-order valence-corrected chi connectivity index (χ1v) is 10.5. The van der Waals surface area contributed by atoms with Crippen LogP contribution in [0.4, 0.5) is 5.82 Å². The average molecular weight is 487 g/mol. The summed E-state index contributed by atoms with van der Waals surface area (Å²) < 4.78 is 0. The lowest BCUT2D eigenvalue weighted by Crippen LogP contribution is -3.00. The second-order valence-corrected chi connectivity index (χ2v) is 7.39. The van der Waals surface area contributed by atoms with E-state index in [1.807, 2.05) is 35.4 Å². The van der Waals surface area contributed by atoms with E-state index in [-0.39, 0.29) is 38.0 Å². The van der Waals surface area contributed by atoms with Crippen molar-refractivity contribution in [2.45, 2.75) is 6.54 Å². The van der Waals surface area contributed by atoms with E-state index in [9.17, 15) is 10.2 Å². The minimum absolute atomic E-state index is 0. The number of fused-ring (bicyclic) bond motifs is 1. The van der Waals surface area contributed by atoms with Crippen molar-refractivity contribution in [2.75, 3.05) is 31.2 Å². The molecule has 6 N–H and O–H groups in total. The number of nitrogens with zero attached hydrogens (tertiary/aromatic N) is 2. The molecule has 2 aromatic heterocycles. The molecule has 0 aliphatic rings. The Bertz CT molecular complexity index is 1150. The fourth-order valence-corrected chi connectivity index (χ4v) is 3.85. The van der Waals surface area contributed by atoms with Crippen molar-refractivity contribution < 1.29 is 45.7 Å². The van der Waals surface area contributed by atoms with Gasteiger partial charge in [0, 0.05) is 22.8 Å². The summed E-state index contributed by atoms with van der Waals surface area (Å²) in [5, 5.41) is 20.0. The Morgan fingerprint density at radius 3 is 2.12 bits per heavy atom. The van der Waals surface area contributed by atoms with Crippen LogP contribution in [0.15, 0.2) is 72.9 Å². The number of pyridine rings is 2. The minimum Gasteiger partial charge on any atom is -1.00 e. The molecule has 2 aromatic carbocycles. The summed E-state index contributed by atoms with van der Waals surface area (Å²) in [5.41, 5.74) is 10.1.